The molecule has 1 saturated heterocycles. The number of amides is 1. The Morgan fingerprint density at radius 3 is 2.58 bits per heavy atom. The molecule has 0 radical (unpaired) electrons. The molecule has 12 N–H and O–H groups in total. The number of carbonyl (C=O) groups excluding carboxylic acids is 1. The van der Waals surface area contributed by atoms with Crippen LogP contribution in [-0.2, 0) is 23.7 Å². The third-order valence-corrected chi connectivity index (χ3v) is 7.15. The maximum atomic E-state index is 11.3. The van der Waals surface area contributed by atoms with E-state index in [1.54, 1.807) is 13.1 Å². The lowest BCUT2D eigenvalue weighted by molar-refractivity contribution is -0.304. The zero-order chi connectivity index (χ0) is 28.0. The highest BCUT2D eigenvalue weighted by Crippen LogP contribution is 2.31. The molecule has 0 aromatic heterocycles. The van der Waals surface area contributed by atoms with Gasteiger partial charge >= 0.3 is 0 Å². The standard InChI is InChI=1S/C23H43N5O10/c1-23(34)9-35-22(17(33)20(23)26-2)38-19-15(28-10-30)5-14(25)18(16(19)32)37-21-13(24)4-3-12(36-21)7-27-6-11(31)8-29/h3,10-11,13-22,26-27,29,31-34H,4-9,24-25H2,1-2H3,(H,28,30)/t11?,13-,14+,15-,16+,17-,18?,19+,20-,21-,22-,23+/m1/s1. The second-order valence-corrected chi connectivity index (χ2v) is 10.3. The van der Waals surface area contributed by atoms with E-state index in [-0.39, 0.29) is 32.7 Å². The van der Waals surface area contributed by atoms with Crippen molar-refractivity contribution in [2.24, 2.45) is 11.5 Å². The summed E-state index contributed by atoms with van der Waals surface area (Å²) in [5.41, 5.74) is 11.2. The van der Waals surface area contributed by atoms with Gasteiger partial charge in [-0.15, -0.1) is 0 Å². The van der Waals surface area contributed by atoms with Gasteiger partial charge in [-0.3, -0.25) is 4.79 Å². The van der Waals surface area contributed by atoms with Crippen LogP contribution in [0, 0.1) is 0 Å². The van der Waals surface area contributed by atoms with Crippen LogP contribution in [0.5, 0.6) is 0 Å². The average Bonchev–Trinajstić information content (AvgIpc) is 2.87. The molecule has 2 aliphatic heterocycles. The molecule has 2 fully saturated rings. The molecule has 15 heteroatoms. The number of aliphatic hydroxyl groups excluding tert-OH is 4. The van der Waals surface area contributed by atoms with Gasteiger partial charge in [-0.1, -0.05) is 0 Å². The summed E-state index contributed by atoms with van der Waals surface area (Å²) in [4.78, 5) is 11.3. The van der Waals surface area contributed by atoms with Crippen LogP contribution in [0.2, 0.25) is 0 Å². The van der Waals surface area contributed by atoms with E-state index in [1.165, 1.54) is 6.92 Å². The Bertz CT molecular complexity index is 792. The molecule has 0 spiro atoms. The molecule has 15 nitrogen and oxygen atoms in total. The molecule has 1 saturated carbocycles. The van der Waals surface area contributed by atoms with Gasteiger partial charge in [0.2, 0.25) is 12.7 Å². The number of likely N-dealkylation sites (N-methyl/N-ethyl adjacent to an activating group) is 1. The van der Waals surface area contributed by atoms with Crippen LogP contribution in [0.15, 0.2) is 11.8 Å². The summed E-state index contributed by atoms with van der Waals surface area (Å²) in [7, 11) is 1.58. The van der Waals surface area contributed by atoms with Crippen molar-refractivity contribution in [3.63, 3.8) is 0 Å². The highest BCUT2D eigenvalue weighted by Gasteiger charge is 2.51. The molecule has 2 heterocycles. The van der Waals surface area contributed by atoms with Crippen LogP contribution in [0.4, 0.5) is 0 Å². The SMILES string of the molecule is CN[C@@H]1[C@@H](O)[C@@H](O[C@H]2[C@H](NC=O)C[C@H](N)C(O[C@H]3OC(CNCC(O)CO)=CC[C@H]3N)[C@@H]2O)OC[C@]1(C)O. The van der Waals surface area contributed by atoms with E-state index in [9.17, 15) is 25.2 Å². The van der Waals surface area contributed by atoms with Gasteiger partial charge in [0, 0.05) is 12.6 Å². The van der Waals surface area contributed by atoms with Crippen LogP contribution < -0.4 is 27.4 Å². The van der Waals surface area contributed by atoms with Crippen LogP contribution >= 0.6 is 0 Å². The minimum absolute atomic E-state index is 0.141. The number of hydrogen-bond acceptors (Lipinski definition) is 14. The lowest BCUT2D eigenvalue weighted by atomic mass is 9.83. The third kappa shape index (κ3) is 7.38. The van der Waals surface area contributed by atoms with Crippen LogP contribution in [0.1, 0.15) is 19.8 Å². The molecule has 3 aliphatic rings. The summed E-state index contributed by atoms with van der Waals surface area (Å²) in [6.45, 7) is 1.42. The predicted molar refractivity (Wildman–Crippen MR) is 132 cm³/mol. The van der Waals surface area contributed by atoms with Crippen molar-refractivity contribution in [1.29, 1.82) is 0 Å². The zero-order valence-electron chi connectivity index (χ0n) is 21.7. The van der Waals surface area contributed by atoms with E-state index in [0.717, 1.165) is 0 Å². The fraction of sp³-hybridized carbons (Fsp3) is 0.870. The summed E-state index contributed by atoms with van der Waals surface area (Å²) in [6.07, 6.45) is -4.98. The van der Waals surface area contributed by atoms with E-state index >= 15 is 0 Å². The smallest absolute Gasteiger partial charge is 0.215 e. The Morgan fingerprint density at radius 2 is 1.92 bits per heavy atom. The molecule has 0 aromatic carbocycles. The summed E-state index contributed by atoms with van der Waals surface area (Å²) in [6, 6.07) is -2.79. The van der Waals surface area contributed by atoms with E-state index < -0.39 is 72.9 Å². The summed E-state index contributed by atoms with van der Waals surface area (Å²) < 4.78 is 23.5. The van der Waals surface area contributed by atoms with Crippen LogP contribution in [-0.4, -0.2) is 138 Å². The van der Waals surface area contributed by atoms with E-state index in [0.29, 0.717) is 18.6 Å². The molecular formula is C23H43N5O10. The highest BCUT2D eigenvalue weighted by atomic mass is 16.7. The van der Waals surface area contributed by atoms with E-state index in [1.807, 2.05) is 0 Å². The Balaban J connectivity index is 1.68. The zero-order valence-corrected chi connectivity index (χ0v) is 21.7. The Labute approximate surface area is 221 Å². The van der Waals surface area contributed by atoms with Gasteiger partial charge in [-0.25, -0.2) is 0 Å². The number of hydrogen-bond donors (Lipinski definition) is 10. The number of rotatable bonds is 12. The van der Waals surface area contributed by atoms with Crippen LogP contribution in [0.25, 0.3) is 0 Å². The van der Waals surface area contributed by atoms with Crippen molar-refractivity contribution in [3.05, 3.63) is 11.8 Å². The molecule has 0 aromatic rings. The maximum Gasteiger partial charge on any atom is 0.215 e. The number of nitrogens with one attached hydrogen (secondary N) is 3. The average molecular weight is 550 g/mol. The first-order valence-corrected chi connectivity index (χ1v) is 12.8. The van der Waals surface area contributed by atoms with E-state index in [2.05, 4.69) is 16.0 Å². The molecule has 1 amide bonds. The van der Waals surface area contributed by atoms with Crippen molar-refractivity contribution in [2.45, 2.75) is 92.6 Å². The van der Waals surface area contributed by atoms with E-state index in [4.69, 9.17) is 35.5 Å². The Hall–Kier alpha value is -1.47. The lowest BCUT2D eigenvalue weighted by Crippen LogP contribution is -2.69. The van der Waals surface area contributed by atoms with Crippen molar-refractivity contribution < 1.29 is 49.3 Å². The minimum atomic E-state index is -1.37. The fourth-order valence-corrected chi connectivity index (χ4v) is 5.05. The highest BCUT2D eigenvalue weighted by molar-refractivity contribution is 5.47. The molecular weight excluding hydrogens is 506 g/mol. The second kappa shape index (κ2) is 13.7. The topological polar surface area (TPSA) is 243 Å². The molecule has 2 unspecified atom stereocenters. The van der Waals surface area contributed by atoms with Gasteiger partial charge in [0.05, 0.1) is 44.0 Å². The molecule has 0 bridgehead atoms. The number of carbonyl (C=O) groups is 1. The molecule has 38 heavy (non-hydrogen) atoms. The molecule has 3 rings (SSSR count). The first-order valence-electron chi connectivity index (χ1n) is 12.8. The molecule has 12 atom stereocenters. The number of aliphatic hydroxyl groups is 5. The van der Waals surface area contributed by atoms with Crippen LogP contribution in [0.3, 0.4) is 0 Å². The summed E-state index contributed by atoms with van der Waals surface area (Å²) in [5, 5.41) is 59.4. The Kier molecular flexibility index (Phi) is 11.2. The van der Waals surface area contributed by atoms with Gasteiger partial charge in [-0.2, -0.15) is 0 Å². The molecule has 1 aliphatic carbocycles. The largest absolute Gasteiger partial charge is 0.467 e. The fourth-order valence-electron chi connectivity index (χ4n) is 5.05. The van der Waals surface area contributed by atoms with Gasteiger partial charge in [0.1, 0.15) is 35.8 Å². The van der Waals surface area contributed by atoms with Crippen molar-refractivity contribution in [1.82, 2.24) is 16.0 Å². The van der Waals surface area contributed by atoms with Gasteiger partial charge < -0.3 is 71.9 Å². The maximum absolute atomic E-state index is 11.3. The summed E-state index contributed by atoms with van der Waals surface area (Å²) >= 11 is 0. The van der Waals surface area contributed by atoms with Gasteiger partial charge in [0.15, 0.2) is 6.29 Å². The van der Waals surface area contributed by atoms with Crippen molar-refractivity contribution >= 4 is 6.41 Å². The van der Waals surface area contributed by atoms with Crippen molar-refractivity contribution in [3.8, 4) is 0 Å². The monoisotopic (exact) mass is 549 g/mol. The quantitative estimate of drug-likeness (QED) is 0.102. The van der Waals surface area contributed by atoms with Crippen molar-refractivity contribution in [2.75, 3.05) is 33.4 Å². The third-order valence-electron chi connectivity index (χ3n) is 7.15. The minimum Gasteiger partial charge on any atom is -0.467 e. The number of ether oxygens (including phenoxy) is 4. The summed E-state index contributed by atoms with van der Waals surface area (Å²) in [5.74, 6) is 0.512. The normalized spacial score (nSPS) is 42.6. The molecule has 220 valence electrons. The van der Waals surface area contributed by atoms with Gasteiger partial charge in [-0.05, 0) is 32.9 Å². The lowest BCUT2D eigenvalue weighted by Gasteiger charge is -2.48. The Morgan fingerprint density at radius 1 is 1.21 bits per heavy atom. The predicted octanol–water partition coefficient (Wildman–Crippen LogP) is -5.08. The van der Waals surface area contributed by atoms with Gasteiger partial charge in [0.25, 0.3) is 0 Å². The first-order chi connectivity index (χ1) is 18.0. The second-order valence-electron chi connectivity index (χ2n) is 10.3. The number of nitrogens with two attached hydrogens (primary N) is 2. The first kappa shape index (κ1) is 31.1.